The molecule has 1 rings (SSSR count). The minimum Gasteiger partial charge on any atom is -0.391 e. The summed E-state index contributed by atoms with van der Waals surface area (Å²) < 4.78 is 0. The SMILES string of the molecule is CCN(CC)C(C)(C)C(O)Cc1ccc(C)c(C)c1. The molecule has 0 spiro atoms. The molecule has 1 unspecified atom stereocenters. The number of likely N-dealkylation sites (N-methyl/N-ethyl adjacent to an activating group) is 1. The standard InChI is InChI=1S/C17H29NO/c1-7-18(8-2)17(5,6)16(19)12-15-10-9-13(3)14(4)11-15/h9-11,16,19H,7-8,12H2,1-6H3. The van der Waals surface area contributed by atoms with E-state index in [2.05, 4.69) is 64.6 Å². The molecule has 0 fully saturated rings. The van der Waals surface area contributed by atoms with Gasteiger partial charge in [-0.1, -0.05) is 32.0 Å². The van der Waals surface area contributed by atoms with Gasteiger partial charge in [-0.15, -0.1) is 0 Å². The number of benzene rings is 1. The van der Waals surface area contributed by atoms with Crippen LogP contribution in [-0.4, -0.2) is 34.7 Å². The molecule has 0 heterocycles. The van der Waals surface area contributed by atoms with Crippen LogP contribution in [0.4, 0.5) is 0 Å². The number of aliphatic hydroxyl groups excluding tert-OH is 1. The average molecular weight is 263 g/mol. The molecule has 108 valence electrons. The lowest BCUT2D eigenvalue weighted by atomic mass is 9.89. The Morgan fingerprint density at radius 1 is 1.11 bits per heavy atom. The van der Waals surface area contributed by atoms with Gasteiger partial charge < -0.3 is 5.11 Å². The number of hydrogen-bond acceptors (Lipinski definition) is 2. The molecule has 0 aliphatic rings. The Bertz CT molecular complexity index is 408. The van der Waals surface area contributed by atoms with Crippen LogP contribution in [0.1, 0.15) is 44.4 Å². The highest BCUT2D eigenvalue weighted by Crippen LogP contribution is 2.22. The van der Waals surface area contributed by atoms with Crippen LogP contribution in [0.2, 0.25) is 0 Å². The summed E-state index contributed by atoms with van der Waals surface area (Å²) in [5, 5.41) is 10.6. The molecule has 19 heavy (non-hydrogen) atoms. The molecule has 0 amide bonds. The number of nitrogens with zero attached hydrogens (tertiary/aromatic N) is 1. The summed E-state index contributed by atoms with van der Waals surface area (Å²) in [5.74, 6) is 0. The normalized spacial score (nSPS) is 13.9. The third kappa shape index (κ3) is 3.80. The van der Waals surface area contributed by atoms with Gasteiger partial charge in [-0.05, 0) is 57.5 Å². The van der Waals surface area contributed by atoms with Crippen molar-refractivity contribution in [3.8, 4) is 0 Å². The molecule has 0 radical (unpaired) electrons. The van der Waals surface area contributed by atoms with E-state index >= 15 is 0 Å². The van der Waals surface area contributed by atoms with Crippen LogP contribution in [-0.2, 0) is 6.42 Å². The number of hydrogen-bond donors (Lipinski definition) is 1. The van der Waals surface area contributed by atoms with Crippen LogP contribution in [0, 0.1) is 13.8 Å². The Kier molecular flexibility index (Phi) is 5.57. The summed E-state index contributed by atoms with van der Waals surface area (Å²) in [6, 6.07) is 6.46. The van der Waals surface area contributed by atoms with Crippen LogP contribution in [0.3, 0.4) is 0 Å². The lowest BCUT2D eigenvalue weighted by Crippen LogP contribution is -2.53. The summed E-state index contributed by atoms with van der Waals surface area (Å²) in [7, 11) is 0. The first-order chi connectivity index (χ1) is 8.82. The van der Waals surface area contributed by atoms with Gasteiger partial charge in [0.05, 0.1) is 6.10 Å². The van der Waals surface area contributed by atoms with Gasteiger partial charge in [0, 0.05) is 12.0 Å². The average Bonchev–Trinajstić information content (AvgIpc) is 2.35. The van der Waals surface area contributed by atoms with Crippen molar-refractivity contribution >= 4 is 0 Å². The summed E-state index contributed by atoms with van der Waals surface area (Å²) in [6.45, 7) is 14.7. The van der Waals surface area contributed by atoms with Crippen molar-refractivity contribution in [3.05, 3.63) is 34.9 Å². The molecule has 0 aromatic heterocycles. The van der Waals surface area contributed by atoms with Crippen molar-refractivity contribution < 1.29 is 5.11 Å². The second-order valence-corrected chi connectivity index (χ2v) is 5.96. The van der Waals surface area contributed by atoms with Gasteiger partial charge in [-0.25, -0.2) is 0 Å². The molecular weight excluding hydrogens is 234 g/mol. The van der Waals surface area contributed by atoms with Gasteiger partial charge in [-0.3, -0.25) is 4.90 Å². The molecular formula is C17H29NO. The molecule has 1 aromatic rings. The summed E-state index contributed by atoms with van der Waals surface area (Å²) in [5.41, 5.74) is 3.63. The van der Waals surface area contributed by atoms with E-state index < -0.39 is 0 Å². The van der Waals surface area contributed by atoms with E-state index in [0.717, 1.165) is 13.1 Å². The maximum absolute atomic E-state index is 10.6. The zero-order chi connectivity index (χ0) is 14.6. The minimum absolute atomic E-state index is 0.192. The molecule has 0 saturated carbocycles. The van der Waals surface area contributed by atoms with Crippen molar-refractivity contribution in [2.24, 2.45) is 0 Å². The first-order valence-corrected chi connectivity index (χ1v) is 7.32. The molecule has 1 N–H and O–H groups in total. The van der Waals surface area contributed by atoms with Crippen molar-refractivity contribution in [2.75, 3.05) is 13.1 Å². The number of aliphatic hydroxyl groups is 1. The largest absolute Gasteiger partial charge is 0.391 e. The molecule has 0 aliphatic carbocycles. The Morgan fingerprint density at radius 2 is 1.68 bits per heavy atom. The van der Waals surface area contributed by atoms with Crippen LogP contribution >= 0.6 is 0 Å². The second kappa shape index (κ2) is 6.53. The monoisotopic (exact) mass is 263 g/mol. The molecule has 2 nitrogen and oxygen atoms in total. The summed E-state index contributed by atoms with van der Waals surface area (Å²) >= 11 is 0. The van der Waals surface area contributed by atoms with Crippen molar-refractivity contribution in [2.45, 2.75) is 59.6 Å². The van der Waals surface area contributed by atoms with Crippen molar-refractivity contribution in [1.29, 1.82) is 0 Å². The van der Waals surface area contributed by atoms with Crippen LogP contribution in [0.15, 0.2) is 18.2 Å². The smallest absolute Gasteiger partial charge is 0.0758 e. The van der Waals surface area contributed by atoms with Gasteiger partial charge in [0.25, 0.3) is 0 Å². The highest BCUT2D eigenvalue weighted by Gasteiger charge is 2.32. The molecule has 0 bridgehead atoms. The Morgan fingerprint density at radius 3 is 2.16 bits per heavy atom. The van der Waals surface area contributed by atoms with Gasteiger partial charge in [0.1, 0.15) is 0 Å². The highest BCUT2D eigenvalue weighted by atomic mass is 16.3. The molecule has 2 heteroatoms. The van der Waals surface area contributed by atoms with Gasteiger partial charge in [0.2, 0.25) is 0 Å². The van der Waals surface area contributed by atoms with E-state index in [1.165, 1.54) is 16.7 Å². The molecule has 1 aromatic carbocycles. The minimum atomic E-state index is -0.352. The fraction of sp³-hybridized carbons (Fsp3) is 0.647. The zero-order valence-electron chi connectivity index (χ0n) is 13.3. The van der Waals surface area contributed by atoms with E-state index in [9.17, 15) is 5.11 Å². The highest BCUT2D eigenvalue weighted by molar-refractivity contribution is 5.30. The molecule has 0 saturated heterocycles. The van der Waals surface area contributed by atoms with Crippen LogP contribution < -0.4 is 0 Å². The first-order valence-electron chi connectivity index (χ1n) is 7.32. The Hall–Kier alpha value is -0.860. The zero-order valence-corrected chi connectivity index (χ0v) is 13.3. The van der Waals surface area contributed by atoms with Crippen molar-refractivity contribution in [1.82, 2.24) is 4.90 Å². The van der Waals surface area contributed by atoms with E-state index in [1.54, 1.807) is 0 Å². The third-order valence-corrected chi connectivity index (χ3v) is 4.39. The maximum Gasteiger partial charge on any atom is 0.0758 e. The molecule has 0 aliphatic heterocycles. The maximum atomic E-state index is 10.6. The van der Waals surface area contributed by atoms with Crippen LogP contribution in [0.25, 0.3) is 0 Å². The van der Waals surface area contributed by atoms with E-state index in [0.29, 0.717) is 6.42 Å². The third-order valence-electron chi connectivity index (χ3n) is 4.39. The lowest BCUT2D eigenvalue weighted by molar-refractivity contribution is -0.00415. The van der Waals surface area contributed by atoms with Crippen molar-refractivity contribution in [3.63, 3.8) is 0 Å². The Labute approximate surface area is 118 Å². The van der Waals surface area contributed by atoms with E-state index in [4.69, 9.17) is 0 Å². The quantitative estimate of drug-likeness (QED) is 0.851. The number of rotatable bonds is 6. The lowest BCUT2D eigenvalue weighted by Gasteiger charge is -2.41. The summed E-state index contributed by atoms with van der Waals surface area (Å²) in [4.78, 5) is 2.32. The topological polar surface area (TPSA) is 23.5 Å². The van der Waals surface area contributed by atoms with E-state index in [-0.39, 0.29) is 11.6 Å². The number of aryl methyl sites for hydroxylation is 2. The predicted molar refractivity (Wildman–Crippen MR) is 82.6 cm³/mol. The fourth-order valence-electron chi connectivity index (χ4n) is 2.65. The first kappa shape index (κ1) is 16.2. The molecule has 1 atom stereocenters. The van der Waals surface area contributed by atoms with Gasteiger partial charge in [0.15, 0.2) is 0 Å². The summed E-state index contributed by atoms with van der Waals surface area (Å²) in [6.07, 6.45) is 0.361. The second-order valence-electron chi connectivity index (χ2n) is 5.96. The van der Waals surface area contributed by atoms with Gasteiger partial charge in [-0.2, -0.15) is 0 Å². The fourth-order valence-corrected chi connectivity index (χ4v) is 2.65. The van der Waals surface area contributed by atoms with Gasteiger partial charge >= 0.3 is 0 Å². The van der Waals surface area contributed by atoms with E-state index in [1.807, 2.05) is 0 Å². The Balaban J connectivity index is 2.83. The van der Waals surface area contributed by atoms with Crippen LogP contribution in [0.5, 0.6) is 0 Å². The predicted octanol–water partition coefficient (Wildman–Crippen LogP) is 3.33.